The Balaban J connectivity index is 1.61. The summed E-state index contributed by atoms with van der Waals surface area (Å²) < 4.78 is 5.57. The van der Waals surface area contributed by atoms with E-state index >= 15 is 0 Å². The van der Waals surface area contributed by atoms with Crippen LogP contribution in [0.3, 0.4) is 0 Å². The summed E-state index contributed by atoms with van der Waals surface area (Å²) >= 11 is 0. The van der Waals surface area contributed by atoms with Crippen molar-refractivity contribution in [1.29, 1.82) is 0 Å². The fourth-order valence-electron chi connectivity index (χ4n) is 6.38. The van der Waals surface area contributed by atoms with Crippen molar-refractivity contribution in [1.82, 2.24) is 4.90 Å². The summed E-state index contributed by atoms with van der Waals surface area (Å²) in [6.07, 6.45) is 5.59. The van der Waals surface area contributed by atoms with Gasteiger partial charge in [-0.2, -0.15) is 0 Å². The topological polar surface area (TPSA) is 80.8 Å². The number of carbonyl (C=O) groups is 4. The molecule has 6 nitrogen and oxygen atoms in total. The third-order valence-electron chi connectivity index (χ3n) is 8.42. The highest BCUT2D eigenvalue weighted by Gasteiger charge is 2.34. The SMILES string of the molecule is CCCCCCN1C(=O)c2ccc3c4ccc(C(C)=O)c5c(C(=O)OCCCC)ccc(c6ccc(c2c36)C1=O)c54. The van der Waals surface area contributed by atoms with Crippen LogP contribution in [0.2, 0.25) is 0 Å². The van der Waals surface area contributed by atoms with Crippen molar-refractivity contribution in [3.63, 3.8) is 0 Å². The second-order valence-corrected chi connectivity index (χ2v) is 11.0. The second-order valence-electron chi connectivity index (χ2n) is 11.0. The largest absolute Gasteiger partial charge is 0.462 e. The van der Waals surface area contributed by atoms with Crippen molar-refractivity contribution in [2.24, 2.45) is 0 Å². The van der Waals surface area contributed by atoms with Gasteiger partial charge in [-0.05, 0) is 70.3 Å². The molecule has 41 heavy (non-hydrogen) atoms. The lowest BCUT2D eigenvalue weighted by Crippen LogP contribution is -2.40. The molecular weight excluding hydrogens is 514 g/mol. The van der Waals surface area contributed by atoms with Gasteiger partial charge in [0, 0.05) is 34.0 Å². The summed E-state index contributed by atoms with van der Waals surface area (Å²) in [6.45, 7) is 6.40. The van der Waals surface area contributed by atoms with E-state index in [1.165, 1.54) is 11.8 Å². The van der Waals surface area contributed by atoms with E-state index in [0.29, 0.717) is 46.2 Å². The molecular formula is C35H33NO5. The molecule has 0 atom stereocenters. The van der Waals surface area contributed by atoms with Crippen LogP contribution >= 0.6 is 0 Å². The van der Waals surface area contributed by atoms with E-state index in [0.717, 1.165) is 70.8 Å². The van der Waals surface area contributed by atoms with Crippen LogP contribution in [-0.2, 0) is 4.74 Å². The zero-order chi connectivity index (χ0) is 28.8. The van der Waals surface area contributed by atoms with Gasteiger partial charge in [-0.15, -0.1) is 0 Å². The highest BCUT2D eigenvalue weighted by atomic mass is 16.5. The molecule has 0 fully saturated rings. The maximum atomic E-state index is 13.6. The van der Waals surface area contributed by atoms with Crippen LogP contribution in [0.15, 0.2) is 48.5 Å². The van der Waals surface area contributed by atoms with Crippen molar-refractivity contribution < 1.29 is 23.9 Å². The molecule has 0 N–H and O–H groups in total. The predicted octanol–water partition coefficient (Wildman–Crippen LogP) is 8.07. The molecule has 0 spiro atoms. The Labute approximate surface area is 238 Å². The predicted molar refractivity (Wildman–Crippen MR) is 162 cm³/mol. The van der Waals surface area contributed by atoms with Gasteiger partial charge in [0.15, 0.2) is 5.78 Å². The van der Waals surface area contributed by atoms with Crippen molar-refractivity contribution in [3.8, 4) is 0 Å². The molecule has 0 radical (unpaired) electrons. The summed E-state index contributed by atoms with van der Waals surface area (Å²) in [4.78, 5) is 54.6. The number of unbranched alkanes of at least 4 members (excludes halogenated alkanes) is 4. The Morgan fingerprint density at radius 3 is 1.73 bits per heavy atom. The zero-order valence-corrected chi connectivity index (χ0v) is 23.8. The van der Waals surface area contributed by atoms with Crippen LogP contribution in [0.4, 0.5) is 0 Å². The normalized spacial score (nSPS) is 13.3. The third kappa shape index (κ3) is 4.16. The Hall–Kier alpha value is -4.32. The molecule has 6 heteroatoms. The van der Waals surface area contributed by atoms with Gasteiger partial charge in [0.05, 0.1) is 12.2 Å². The molecule has 6 rings (SSSR count). The van der Waals surface area contributed by atoms with Gasteiger partial charge < -0.3 is 4.74 Å². The fourth-order valence-corrected chi connectivity index (χ4v) is 6.38. The summed E-state index contributed by atoms with van der Waals surface area (Å²) in [7, 11) is 0. The number of Topliss-reactive ketones (excluding diaryl/α,β-unsaturated/α-hetero) is 1. The number of nitrogens with zero attached hydrogens (tertiary/aromatic N) is 1. The van der Waals surface area contributed by atoms with Gasteiger partial charge in [-0.3, -0.25) is 19.3 Å². The van der Waals surface area contributed by atoms with Gasteiger partial charge in [-0.25, -0.2) is 4.79 Å². The average Bonchev–Trinajstić information content (AvgIpc) is 2.97. The lowest BCUT2D eigenvalue weighted by molar-refractivity contribution is 0.0500. The van der Waals surface area contributed by atoms with E-state index in [2.05, 4.69) is 6.92 Å². The number of fused-ring (bicyclic) bond motifs is 2. The minimum absolute atomic E-state index is 0.137. The van der Waals surface area contributed by atoms with Gasteiger partial charge in [0.2, 0.25) is 0 Å². The zero-order valence-electron chi connectivity index (χ0n) is 23.8. The van der Waals surface area contributed by atoms with Crippen molar-refractivity contribution in [2.75, 3.05) is 13.2 Å². The Bertz CT molecular complexity index is 1820. The molecule has 0 aliphatic carbocycles. The van der Waals surface area contributed by atoms with Gasteiger partial charge >= 0.3 is 5.97 Å². The standard InChI is InChI=1S/C35H33NO5/c1-4-6-8-9-18-36-33(38)26-15-12-23-22-11-10-21(20(3)37)29-28(35(40)41-19-7-5-2)17-14-25(30(22)29)24-13-16-27(34(36)39)32(26)31(23)24/h10-17H,4-9,18-19H2,1-3H3. The molecule has 208 valence electrons. The highest BCUT2D eigenvalue weighted by molar-refractivity contribution is 6.40. The number of hydrogen-bond donors (Lipinski definition) is 0. The van der Waals surface area contributed by atoms with E-state index in [1.807, 2.05) is 43.3 Å². The number of ether oxygens (including phenoxy) is 1. The van der Waals surface area contributed by atoms with E-state index in [1.54, 1.807) is 12.1 Å². The van der Waals surface area contributed by atoms with Crippen LogP contribution in [0.5, 0.6) is 0 Å². The third-order valence-corrected chi connectivity index (χ3v) is 8.42. The molecule has 5 aromatic rings. The van der Waals surface area contributed by atoms with Crippen molar-refractivity contribution in [2.45, 2.75) is 59.3 Å². The molecule has 0 aromatic heterocycles. The number of ketones is 1. The van der Waals surface area contributed by atoms with Crippen LogP contribution < -0.4 is 0 Å². The smallest absolute Gasteiger partial charge is 0.338 e. The van der Waals surface area contributed by atoms with E-state index in [-0.39, 0.29) is 17.6 Å². The van der Waals surface area contributed by atoms with Crippen LogP contribution in [0, 0.1) is 0 Å². The first kappa shape index (κ1) is 26.9. The number of benzene rings is 5. The first-order valence-corrected chi connectivity index (χ1v) is 14.6. The molecule has 1 aliphatic rings. The Morgan fingerprint density at radius 2 is 1.17 bits per heavy atom. The number of rotatable bonds is 10. The second kappa shape index (κ2) is 10.6. The van der Waals surface area contributed by atoms with E-state index in [9.17, 15) is 19.2 Å². The number of hydrogen-bond acceptors (Lipinski definition) is 5. The van der Waals surface area contributed by atoms with Gasteiger partial charge in [0.25, 0.3) is 11.8 Å². The highest BCUT2D eigenvalue weighted by Crippen LogP contribution is 2.45. The Morgan fingerprint density at radius 1 is 0.634 bits per heavy atom. The molecule has 1 aliphatic heterocycles. The lowest BCUT2D eigenvalue weighted by Gasteiger charge is -2.28. The van der Waals surface area contributed by atoms with Crippen molar-refractivity contribution >= 4 is 66.7 Å². The minimum atomic E-state index is -0.448. The molecule has 0 unspecified atom stereocenters. The summed E-state index contributed by atoms with van der Waals surface area (Å²) in [5.41, 5.74) is 1.90. The molecule has 0 saturated heterocycles. The number of esters is 1. The lowest BCUT2D eigenvalue weighted by atomic mass is 9.83. The minimum Gasteiger partial charge on any atom is -0.462 e. The van der Waals surface area contributed by atoms with Crippen LogP contribution in [-0.4, -0.2) is 41.6 Å². The quantitative estimate of drug-likeness (QED) is 0.0441. The van der Waals surface area contributed by atoms with Crippen LogP contribution in [0.1, 0.15) is 101 Å². The van der Waals surface area contributed by atoms with E-state index in [4.69, 9.17) is 4.74 Å². The number of imide groups is 1. The first-order valence-electron chi connectivity index (χ1n) is 14.6. The monoisotopic (exact) mass is 547 g/mol. The molecule has 0 bridgehead atoms. The number of amides is 2. The Kier molecular flexibility index (Phi) is 6.94. The summed E-state index contributed by atoms with van der Waals surface area (Å²) in [6, 6.07) is 14.8. The average molecular weight is 548 g/mol. The van der Waals surface area contributed by atoms with Gasteiger partial charge in [-0.1, -0.05) is 69.9 Å². The summed E-state index contributed by atoms with van der Waals surface area (Å²) in [5, 5.41) is 6.40. The van der Waals surface area contributed by atoms with E-state index < -0.39 is 5.97 Å². The molecule has 1 heterocycles. The molecule has 5 aromatic carbocycles. The molecule has 2 amide bonds. The van der Waals surface area contributed by atoms with Gasteiger partial charge in [0.1, 0.15) is 0 Å². The van der Waals surface area contributed by atoms with Crippen LogP contribution in [0.25, 0.3) is 43.1 Å². The summed E-state index contributed by atoms with van der Waals surface area (Å²) in [5.74, 6) is -1.09. The molecule has 0 saturated carbocycles. The fraction of sp³-hybridized carbons (Fsp3) is 0.314. The first-order chi connectivity index (χ1) is 19.9. The maximum Gasteiger partial charge on any atom is 0.338 e. The number of carbonyl (C=O) groups excluding carboxylic acids is 4. The maximum absolute atomic E-state index is 13.6. The van der Waals surface area contributed by atoms with Crippen molar-refractivity contribution in [3.05, 3.63) is 70.8 Å².